The SMILES string of the molecule is C=CC(=O)N[C@@H]1CCCN(c2ccc(C(N)=O)c(Oc3ccc(Oc4ccccc4)cc3)n2)C1. The van der Waals surface area contributed by atoms with Gasteiger partial charge in [-0.2, -0.15) is 4.98 Å². The molecular formula is C26H26N4O4. The molecule has 1 saturated heterocycles. The van der Waals surface area contributed by atoms with Crippen molar-refractivity contribution in [3.05, 3.63) is 84.9 Å². The number of aromatic nitrogens is 1. The van der Waals surface area contributed by atoms with Crippen LogP contribution in [0.1, 0.15) is 23.2 Å². The lowest BCUT2D eigenvalue weighted by atomic mass is 10.1. The van der Waals surface area contributed by atoms with E-state index in [2.05, 4.69) is 16.9 Å². The number of carbonyl (C=O) groups excluding carboxylic acids is 2. The summed E-state index contributed by atoms with van der Waals surface area (Å²) >= 11 is 0. The monoisotopic (exact) mass is 458 g/mol. The van der Waals surface area contributed by atoms with Crippen molar-refractivity contribution in [1.82, 2.24) is 10.3 Å². The van der Waals surface area contributed by atoms with Crippen molar-refractivity contribution < 1.29 is 19.1 Å². The second kappa shape index (κ2) is 10.5. The normalized spacial score (nSPS) is 15.3. The molecule has 3 N–H and O–H groups in total. The van der Waals surface area contributed by atoms with Gasteiger partial charge < -0.3 is 25.4 Å². The number of pyridine rings is 1. The van der Waals surface area contributed by atoms with Gasteiger partial charge in [-0.05, 0) is 67.4 Å². The Bertz CT molecular complexity index is 1170. The maximum absolute atomic E-state index is 12.0. The predicted molar refractivity (Wildman–Crippen MR) is 129 cm³/mol. The summed E-state index contributed by atoms with van der Waals surface area (Å²) in [6, 6.07) is 19.8. The highest BCUT2D eigenvalue weighted by Crippen LogP contribution is 2.30. The highest BCUT2D eigenvalue weighted by molar-refractivity contribution is 5.95. The number of nitrogens with zero attached hydrogens (tertiary/aromatic N) is 2. The lowest BCUT2D eigenvalue weighted by Crippen LogP contribution is -2.47. The van der Waals surface area contributed by atoms with Gasteiger partial charge in [-0.15, -0.1) is 0 Å². The molecule has 4 rings (SSSR count). The molecule has 0 aliphatic carbocycles. The van der Waals surface area contributed by atoms with Crippen LogP contribution in [-0.4, -0.2) is 35.9 Å². The summed E-state index contributed by atoms with van der Waals surface area (Å²) in [5.74, 6) is 1.80. The van der Waals surface area contributed by atoms with Crippen LogP contribution in [0.2, 0.25) is 0 Å². The number of hydrogen-bond acceptors (Lipinski definition) is 6. The van der Waals surface area contributed by atoms with Gasteiger partial charge in [0.25, 0.3) is 5.91 Å². The Kier molecular flexibility index (Phi) is 7.07. The molecule has 8 heteroatoms. The molecule has 1 atom stereocenters. The fourth-order valence-electron chi connectivity index (χ4n) is 3.75. The summed E-state index contributed by atoms with van der Waals surface area (Å²) in [6.07, 6.45) is 3.03. The first-order chi connectivity index (χ1) is 16.5. The van der Waals surface area contributed by atoms with Crippen molar-refractivity contribution in [2.24, 2.45) is 5.73 Å². The maximum Gasteiger partial charge on any atom is 0.254 e. The fraction of sp³-hybridized carbons (Fsp3) is 0.192. The van der Waals surface area contributed by atoms with Gasteiger partial charge in [-0.3, -0.25) is 9.59 Å². The number of carbonyl (C=O) groups is 2. The van der Waals surface area contributed by atoms with E-state index in [1.165, 1.54) is 6.08 Å². The number of rotatable bonds is 8. The van der Waals surface area contributed by atoms with Crippen LogP contribution in [0.25, 0.3) is 0 Å². The molecule has 2 heterocycles. The Balaban J connectivity index is 1.50. The lowest BCUT2D eigenvalue weighted by molar-refractivity contribution is -0.117. The van der Waals surface area contributed by atoms with E-state index in [0.717, 1.165) is 25.1 Å². The minimum Gasteiger partial charge on any atom is -0.457 e. The van der Waals surface area contributed by atoms with Crippen molar-refractivity contribution >= 4 is 17.6 Å². The van der Waals surface area contributed by atoms with Gasteiger partial charge in [0.15, 0.2) is 0 Å². The molecule has 2 amide bonds. The molecule has 1 aromatic heterocycles. The van der Waals surface area contributed by atoms with E-state index in [-0.39, 0.29) is 23.4 Å². The average molecular weight is 459 g/mol. The van der Waals surface area contributed by atoms with Crippen molar-refractivity contribution in [1.29, 1.82) is 0 Å². The van der Waals surface area contributed by atoms with Crippen LogP contribution in [0.15, 0.2) is 79.4 Å². The molecule has 1 aliphatic heterocycles. The molecular weight excluding hydrogens is 432 g/mol. The Labute approximate surface area is 198 Å². The van der Waals surface area contributed by atoms with E-state index >= 15 is 0 Å². The van der Waals surface area contributed by atoms with Gasteiger partial charge in [0.2, 0.25) is 11.8 Å². The number of para-hydroxylation sites is 1. The second-order valence-electron chi connectivity index (χ2n) is 7.87. The Morgan fingerprint density at radius 1 is 1.00 bits per heavy atom. The zero-order valence-electron chi connectivity index (χ0n) is 18.6. The first-order valence-electron chi connectivity index (χ1n) is 11.0. The average Bonchev–Trinajstić information content (AvgIpc) is 2.86. The summed E-state index contributed by atoms with van der Waals surface area (Å²) in [7, 11) is 0. The first kappa shape index (κ1) is 22.8. The van der Waals surface area contributed by atoms with Gasteiger partial charge in [-0.25, -0.2) is 0 Å². The molecule has 0 radical (unpaired) electrons. The van der Waals surface area contributed by atoms with Crippen LogP contribution >= 0.6 is 0 Å². The molecule has 0 saturated carbocycles. The van der Waals surface area contributed by atoms with E-state index in [1.807, 2.05) is 35.2 Å². The highest BCUT2D eigenvalue weighted by Gasteiger charge is 2.23. The number of ether oxygens (including phenoxy) is 2. The van der Waals surface area contributed by atoms with Crippen LogP contribution in [0.4, 0.5) is 5.82 Å². The van der Waals surface area contributed by atoms with E-state index in [0.29, 0.717) is 23.9 Å². The van der Waals surface area contributed by atoms with Crippen LogP contribution < -0.4 is 25.4 Å². The van der Waals surface area contributed by atoms with Gasteiger partial charge in [0.05, 0.1) is 0 Å². The van der Waals surface area contributed by atoms with Crippen LogP contribution in [-0.2, 0) is 4.79 Å². The summed E-state index contributed by atoms with van der Waals surface area (Å²) in [6.45, 7) is 4.86. The number of anilines is 1. The standard InChI is InChI=1S/C26H26N4O4/c1-2-24(31)28-18-7-6-16-30(17-18)23-15-14-22(25(27)32)26(29-23)34-21-12-10-20(11-13-21)33-19-8-4-3-5-9-19/h2-5,8-15,18H,1,6-7,16-17H2,(H2,27,32)(H,28,31)/t18-/m1/s1. The summed E-state index contributed by atoms with van der Waals surface area (Å²) < 4.78 is 11.7. The highest BCUT2D eigenvalue weighted by atomic mass is 16.5. The van der Waals surface area contributed by atoms with Gasteiger partial charge in [0, 0.05) is 19.1 Å². The number of nitrogens with two attached hydrogens (primary N) is 1. The van der Waals surface area contributed by atoms with Crippen molar-refractivity contribution in [2.75, 3.05) is 18.0 Å². The largest absolute Gasteiger partial charge is 0.457 e. The van der Waals surface area contributed by atoms with Crippen molar-refractivity contribution in [3.8, 4) is 23.1 Å². The number of nitrogens with one attached hydrogen (secondary N) is 1. The molecule has 34 heavy (non-hydrogen) atoms. The second-order valence-corrected chi connectivity index (χ2v) is 7.87. The Morgan fingerprint density at radius 3 is 2.35 bits per heavy atom. The summed E-state index contributed by atoms with van der Waals surface area (Å²) in [4.78, 5) is 30.3. The zero-order chi connectivity index (χ0) is 23.9. The molecule has 3 aromatic rings. The molecule has 0 unspecified atom stereocenters. The van der Waals surface area contributed by atoms with Crippen molar-refractivity contribution in [3.63, 3.8) is 0 Å². The van der Waals surface area contributed by atoms with Crippen LogP contribution in [0.3, 0.4) is 0 Å². The van der Waals surface area contributed by atoms with Crippen LogP contribution in [0.5, 0.6) is 23.1 Å². The molecule has 0 spiro atoms. The van der Waals surface area contributed by atoms with Gasteiger partial charge in [0.1, 0.15) is 28.6 Å². The first-order valence-corrected chi connectivity index (χ1v) is 11.0. The Morgan fingerprint density at radius 2 is 1.68 bits per heavy atom. The number of hydrogen-bond donors (Lipinski definition) is 2. The quantitative estimate of drug-likeness (QED) is 0.494. The molecule has 1 aliphatic rings. The maximum atomic E-state index is 12.0. The number of piperidine rings is 1. The third kappa shape index (κ3) is 5.72. The van der Waals surface area contributed by atoms with E-state index < -0.39 is 5.91 Å². The number of primary amides is 1. The van der Waals surface area contributed by atoms with E-state index in [1.54, 1.807) is 36.4 Å². The minimum absolute atomic E-state index is 0.0154. The molecule has 8 nitrogen and oxygen atoms in total. The summed E-state index contributed by atoms with van der Waals surface area (Å²) in [5.41, 5.74) is 5.73. The topological polar surface area (TPSA) is 107 Å². The summed E-state index contributed by atoms with van der Waals surface area (Å²) in [5, 5.41) is 2.93. The zero-order valence-corrected chi connectivity index (χ0v) is 18.6. The van der Waals surface area contributed by atoms with Crippen LogP contribution in [0, 0.1) is 0 Å². The lowest BCUT2D eigenvalue weighted by Gasteiger charge is -2.34. The van der Waals surface area contributed by atoms with E-state index in [9.17, 15) is 9.59 Å². The van der Waals surface area contributed by atoms with Crippen molar-refractivity contribution in [2.45, 2.75) is 18.9 Å². The molecule has 1 fully saturated rings. The van der Waals surface area contributed by atoms with E-state index in [4.69, 9.17) is 15.2 Å². The third-order valence-corrected chi connectivity index (χ3v) is 5.41. The molecule has 0 bridgehead atoms. The third-order valence-electron chi connectivity index (χ3n) is 5.41. The molecule has 2 aromatic carbocycles. The Hall–Kier alpha value is -4.33. The number of benzene rings is 2. The predicted octanol–water partition coefficient (Wildman–Crippen LogP) is 4.04. The molecule has 174 valence electrons. The van der Waals surface area contributed by atoms with Gasteiger partial charge >= 0.3 is 0 Å². The number of amides is 2. The fourth-order valence-corrected chi connectivity index (χ4v) is 3.75. The minimum atomic E-state index is -0.632. The smallest absolute Gasteiger partial charge is 0.254 e. The van der Waals surface area contributed by atoms with Gasteiger partial charge in [-0.1, -0.05) is 24.8 Å².